The summed E-state index contributed by atoms with van der Waals surface area (Å²) in [6, 6.07) is 17.4. The van der Waals surface area contributed by atoms with Crippen molar-refractivity contribution in [3.05, 3.63) is 71.8 Å². The van der Waals surface area contributed by atoms with E-state index in [1.807, 2.05) is 30.3 Å². The molecule has 0 saturated carbocycles. The van der Waals surface area contributed by atoms with Gasteiger partial charge < -0.3 is 10.2 Å². The van der Waals surface area contributed by atoms with Gasteiger partial charge in [-0.05, 0) is 41.1 Å². The summed E-state index contributed by atoms with van der Waals surface area (Å²) in [5.41, 5.74) is 4.31. The van der Waals surface area contributed by atoms with Crippen LogP contribution in [0.3, 0.4) is 0 Å². The van der Waals surface area contributed by atoms with Gasteiger partial charge in [0, 0.05) is 5.56 Å². The minimum Gasteiger partial charge on any atom is -0.507 e. The van der Waals surface area contributed by atoms with Crippen LogP contribution in [-0.4, -0.2) is 22.4 Å². The number of aromatic carboxylic acids is 1. The molecule has 3 aromatic carbocycles. The second-order valence-electron chi connectivity index (χ2n) is 4.97. The molecule has 0 spiro atoms. The lowest BCUT2D eigenvalue weighted by molar-refractivity contribution is 0.0697. The predicted octanol–water partition coefficient (Wildman–Crippen LogP) is 3.69. The van der Waals surface area contributed by atoms with Crippen LogP contribution in [0.5, 0.6) is 5.75 Å². The maximum atomic E-state index is 10.8. The second-order valence-corrected chi connectivity index (χ2v) is 4.97. The van der Waals surface area contributed by atoms with Gasteiger partial charge in [0.15, 0.2) is 0 Å². The molecule has 114 valence electrons. The number of phenolic OH excluding ortho intramolecular Hbond substituents is 1. The Bertz CT molecular complexity index is 886. The van der Waals surface area contributed by atoms with Crippen molar-refractivity contribution in [1.82, 2.24) is 0 Å². The zero-order chi connectivity index (χ0) is 16.2. The van der Waals surface area contributed by atoms with E-state index >= 15 is 0 Å². The van der Waals surface area contributed by atoms with E-state index in [9.17, 15) is 9.90 Å². The van der Waals surface area contributed by atoms with Crippen LogP contribution >= 0.6 is 0 Å². The summed E-state index contributed by atoms with van der Waals surface area (Å²) in [5, 5.41) is 24.9. The second kappa shape index (κ2) is 6.19. The number of benzene rings is 3. The standard InChI is InChI=1S/C18H14N2O3/c21-17-10-7-12-3-1-2-4-15(12)16(17)11-19-20-14-8-5-13(6-9-14)18(22)23/h1-11,20-21H,(H,22,23)/b19-11+. The Hall–Kier alpha value is -3.34. The van der Waals surface area contributed by atoms with Gasteiger partial charge in [-0.25, -0.2) is 4.79 Å². The lowest BCUT2D eigenvalue weighted by Gasteiger charge is -2.05. The Morgan fingerprint density at radius 3 is 2.48 bits per heavy atom. The topological polar surface area (TPSA) is 81.9 Å². The molecule has 3 N–H and O–H groups in total. The Morgan fingerprint density at radius 1 is 1.00 bits per heavy atom. The highest BCUT2D eigenvalue weighted by molar-refractivity contribution is 6.02. The Balaban J connectivity index is 1.83. The number of carboxylic acids is 1. The van der Waals surface area contributed by atoms with Crippen LogP contribution in [0.15, 0.2) is 65.8 Å². The third kappa shape index (κ3) is 3.13. The number of hydrogen-bond donors (Lipinski definition) is 3. The number of aromatic hydroxyl groups is 1. The van der Waals surface area contributed by atoms with Gasteiger partial charge in [-0.15, -0.1) is 0 Å². The molecule has 0 amide bonds. The summed E-state index contributed by atoms with van der Waals surface area (Å²) in [5.74, 6) is -0.823. The SMILES string of the molecule is O=C(O)c1ccc(N/N=C/c2c(O)ccc3ccccc23)cc1. The third-order valence-corrected chi connectivity index (χ3v) is 3.47. The lowest BCUT2D eigenvalue weighted by Crippen LogP contribution is -1.96. The van der Waals surface area contributed by atoms with E-state index in [1.165, 1.54) is 12.1 Å². The van der Waals surface area contributed by atoms with Gasteiger partial charge in [0.2, 0.25) is 0 Å². The monoisotopic (exact) mass is 306 g/mol. The molecule has 0 fully saturated rings. The third-order valence-electron chi connectivity index (χ3n) is 3.47. The summed E-state index contributed by atoms with van der Waals surface area (Å²) in [6.45, 7) is 0. The van der Waals surface area contributed by atoms with Crippen molar-refractivity contribution in [2.75, 3.05) is 5.43 Å². The molecule has 0 aliphatic heterocycles. The average molecular weight is 306 g/mol. The molecule has 5 heteroatoms. The zero-order valence-electron chi connectivity index (χ0n) is 12.1. The summed E-state index contributed by atoms with van der Waals surface area (Å²) in [4.78, 5) is 10.8. The molecule has 0 radical (unpaired) electrons. The smallest absolute Gasteiger partial charge is 0.335 e. The number of hydrogen-bond acceptors (Lipinski definition) is 4. The molecular formula is C18H14N2O3. The Kier molecular flexibility index (Phi) is 3.93. The molecule has 0 atom stereocenters. The summed E-state index contributed by atoms with van der Waals surface area (Å²) in [7, 11) is 0. The van der Waals surface area contributed by atoms with Gasteiger partial charge in [-0.2, -0.15) is 5.10 Å². The molecule has 3 aromatic rings. The largest absolute Gasteiger partial charge is 0.507 e. The van der Waals surface area contributed by atoms with Crippen molar-refractivity contribution >= 4 is 28.6 Å². The Morgan fingerprint density at radius 2 is 1.74 bits per heavy atom. The molecule has 0 aliphatic rings. The Labute approximate surface area is 132 Å². The minimum atomic E-state index is -0.972. The highest BCUT2D eigenvalue weighted by Crippen LogP contribution is 2.25. The van der Waals surface area contributed by atoms with Crippen LogP contribution < -0.4 is 5.43 Å². The molecule has 0 unspecified atom stereocenters. The highest BCUT2D eigenvalue weighted by Gasteiger charge is 2.04. The average Bonchev–Trinajstić information content (AvgIpc) is 2.57. The van der Waals surface area contributed by atoms with E-state index in [1.54, 1.807) is 24.4 Å². The van der Waals surface area contributed by atoms with Crippen LogP contribution in [-0.2, 0) is 0 Å². The van der Waals surface area contributed by atoms with Crippen molar-refractivity contribution < 1.29 is 15.0 Å². The van der Waals surface area contributed by atoms with Crippen LogP contribution in [0, 0.1) is 0 Å². The van der Waals surface area contributed by atoms with Crippen molar-refractivity contribution in [1.29, 1.82) is 0 Å². The summed E-state index contributed by atoms with van der Waals surface area (Å²) < 4.78 is 0. The number of carboxylic acid groups (broad SMARTS) is 1. The van der Waals surface area contributed by atoms with Gasteiger partial charge in [-0.3, -0.25) is 5.43 Å². The molecule has 0 saturated heterocycles. The molecule has 0 aromatic heterocycles. The first-order valence-electron chi connectivity index (χ1n) is 6.98. The van der Waals surface area contributed by atoms with Crippen molar-refractivity contribution in [3.8, 4) is 5.75 Å². The molecule has 0 bridgehead atoms. The van der Waals surface area contributed by atoms with Gasteiger partial charge in [-0.1, -0.05) is 30.3 Å². The number of fused-ring (bicyclic) bond motifs is 1. The van der Waals surface area contributed by atoms with Gasteiger partial charge >= 0.3 is 5.97 Å². The zero-order valence-corrected chi connectivity index (χ0v) is 12.1. The van der Waals surface area contributed by atoms with Gasteiger partial charge in [0.25, 0.3) is 0 Å². The van der Waals surface area contributed by atoms with Crippen molar-refractivity contribution in [2.24, 2.45) is 5.10 Å². The van der Waals surface area contributed by atoms with E-state index in [2.05, 4.69) is 10.5 Å². The number of carbonyl (C=O) groups is 1. The predicted molar refractivity (Wildman–Crippen MR) is 90.2 cm³/mol. The minimum absolute atomic E-state index is 0.149. The fourth-order valence-electron chi connectivity index (χ4n) is 2.28. The van der Waals surface area contributed by atoms with Gasteiger partial charge in [0.1, 0.15) is 5.75 Å². The van der Waals surface area contributed by atoms with Gasteiger partial charge in [0.05, 0.1) is 17.5 Å². The number of nitrogens with one attached hydrogen (secondary N) is 1. The molecule has 5 nitrogen and oxygen atoms in total. The molecular weight excluding hydrogens is 292 g/mol. The fourth-order valence-corrected chi connectivity index (χ4v) is 2.28. The molecule has 0 heterocycles. The maximum absolute atomic E-state index is 10.8. The normalized spacial score (nSPS) is 11.0. The quantitative estimate of drug-likeness (QED) is 0.507. The number of hydrazone groups is 1. The number of anilines is 1. The van der Waals surface area contributed by atoms with E-state index in [0.29, 0.717) is 11.3 Å². The molecule has 23 heavy (non-hydrogen) atoms. The highest BCUT2D eigenvalue weighted by atomic mass is 16.4. The number of nitrogens with zero attached hydrogens (tertiary/aromatic N) is 1. The van der Waals surface area contributed by atoms with Crippen molar-refractivity contribution in [3.63, 3.8) is 0 Å². The molecule has 0 aliphatic carbocycles. The number of phenols is 1. The first-order chi connectivity index (χ1) is 11.1. The van der Waals surface area contributed by atoms with E-state index in [-0.39, 0.29) is 11.3 Å². The van der Waals surface area contributed by atoms with E-state index in [0.717, 1.165) is 10.8 Å². The van der Waals surface area contributed by atoms with E-state index < -0.39 is 5.97 Å². The van der Waals surface area contributed by atoms with Crippen LogP contribution in [0.2, 0.25) is 0 Å². The fraction of sp³-hybridized carbons (Fsp3) is 0. The van der Waals surface area contributed by atoms with Crippen LogP contribution in [0.1, 0.15) is 15.9 Å². The van der Waals surface area contributed by atoms with Crippen LogP contribution in [0.4, 0.5) is 5.69 Å². The lowest BCUT2D eigenvalue weighted by atomic mass is 10.0. The summed E-state index contributed by atoms with van der Waals surface area (Å²) >= 11 is 0. The van der Waals surface area contributed by atoms with Crippen molar-refractivity contribution in [2.45, 2.75) is 0 Å². The maximum Gasteiger partial charge on any atom is 0.335 e. The van der Waals surface area contributed by atoms with Crippen LogP contribution in [0.25, 0.3) is 10.8 Å². The number of rotatable bonds is 4. The first kappa shape index (κ1) is 14.6. The van der Waals surface area contributed by atoms with E-state index in [4.69, 9.17) is 5.11 Å². The first-order valence-corrected chi connectivity index (χ1v) is 6.98. The summed E-state index contributed by atoms with van der Waals surface area (Å²) in [6.07, 6.45) is 1.54. The molecule has 3 rings (SSSR count).